The minimum absolute atomic E-state index is 0.0679. The average Bonchev–Trinajstić information content (AvgIpc) is 2.36. The third-order valence-corrected chi connectivity index (χ3v) is 3.63. The van der Waals surface area contributed by atoms with Crippen molar-refractivity contribution in [1.29, 1.82) is 0 Å². The summed E-state index contributed by atoms with van der Waals surface area (Å²) in [6.07, 6.45) is 0. The van der Waals surface area contributed by atoms with E-state index in [9.17, 15) is 9.59 Å². The van der Waals surface area contributed by atoms with Crippen LogP contribution in [0.3, 0.4) is 0 Å². The van der Waals surface area contributed by atoms with Gasteiger partial charge in [0.1, 0.15) is 11.3 Å². The quantitative estimate of drug-likeness (QED) is 0.753. The Bertz CT molecular complexity index is 526. The Kier molecular flexibility index (Phi) is 4.24. The molecule has 1 aromatic carbocycles. The highest BCUT2D eigenvalue weighted by Gasteiger charge is 2.28. The normalized spacial score (nSPS) is 16.1. The van der Waals surface area contributed by atoms with Gasteiger partial charge in [0.25, 0.3) is 0 Å². The number of rotatable bonds is 5. The smallest absolute Gasteiger partial charge is 0.339 e. The molecule has 0 saturated carbocycles. The zero-order valence-corrected chi connectivity index (χ0v) is 11.5. The molecule has 1 heterocycles. The first-order valence-electron chi connectivity index (χ1n) is 6.46. The number of methoxy groups -OCH3 is 1. The summed E-state index contributed by atoms with van der Waals surface area (Å²) in [5, 5.41) is 14.9. The predicted octanol–water partition coefficient (Wildman–Crippen LogP) is 1.19. The minimum atomic E-state index is -1.06. The number of carbonyl (C=O) groups is 2. The number of amides is 1. The molecule has 108 valence electrons. The molecule has 0 radical (unpaired) electrons. The second-order valence-corrected chi connectivity index (χ2v) is 4.92. The van der Waals surface area contributed by atoms with Gasteiger partial charge < -0.3 is 20.5 Å². The van der Waals surface area contributed by atoms with Gasteiger partial charge in [-0.15, -0.1) is 0 Å². The van der Waals surface area contributed by atoms with Crippen molar-refractivity contribution in [3.63, 3.8) is 0 Å². The van der Waals surface area contributed by atoms with Crippen molar-refractivity contribution < 1.29 is 19.4 Å². The maximum absolute atomic E-state index is 12.1. The summed E-state index contributed by atoms with van der Waals surface area (Å²) in [6.45, 7) is 3.61. The van der Waals surface area contributed by atoms with Gasteiger partial charge in [-0.1, -0.05) is 6.92 Å². The molecule has 0 spiro atoms. The van der Waals surface area contributed by atoms with Crippen molar-refractivity contribution in [1.82, 2.24) is 5.32 Å². The van der Waals surface area contributed by atoms with Crippen LogP contribution in [-0.2, 0) is 4.79 Å². The van der Waals surface area contributed by atoms with Gasteiger partial charge in [-0.2, -0.15) is 0 Å². The minimum Gasteiger partial charge on any atom is -0.496 e. The van der Waals surface area contributed by atoms with Crippen molar-refractivity contribution in [2.24, 2.45) is 11.8 Å². The molecule has 1 amide bonds. The van der Waals surface area contributed by atoms with Crippen LogP contribution in [-0.4, -0.2) is 37.2 Å². The van der Waals surface area contributed by atoms with Crippen LogP contribution >= 0.6 is 0 Å². The third-order valence-electron chi connectivity index (χ3n) is 3.63. The fourth-order valence-electron chi connectivity index (χ4n) is 2.08. The molecule has 3 N–H and O–H groups in total. The van der Waals surface area contributed by atoms with E-state index in [-0.39, 0.29) is 23.1 Å². The van der Waals surface area contributed by atoms with Gasteiger partial charge in [0, 0.05) is 17.7 Å². The lowest BCUT2D eigenvalue weighted by Crippen LogP contribution is -2.48. The molecule has 2 rings (SSSR count). The summed E-state index contributed by atoms with van der Waals surface area (Å²) in [5.74, 6) is -0.625. The van der Waals surface area contributed by atoms with E-state index in [1.54, 1.807) is 6.07 Å². The molecule has 1 atom stereocenters. The maximum atomic E-state index is 12.1. The number of hydrogen-bond acceptors (Lipinski definition) is 4. The standard InChI is InChI=1S/C14H18N2O4/c1-8(9-6-15-7-9)13(17)16-10-3-4-11(14(18)19)12(5-10)20-2/h3-5,8-9,15H,6-7H2,1-2H3,(H,16,17)(H,18,19). The van der Waals surface area contributed by atoms with Crippen LogP contribution in [0.1, 0.15) is 17.3 Å². The Morgan fingerprint density at radius 3 is 2.65 bits per heavy atom. The third kappa shape index (κ3) is 2.91. The number of aromatic carboxylic acids is 1. The lowest BCUT2D eigenvalue weighted by atomic mass is 9.88. The molecule has 1 saturated heterocycles. The van der Waals surface area contributed by atoms with Crippen LogP contribution in [0.2, 0.25) is 0 Å². The Morgan fingerprint density at radius 1 is 1.45 bits per heavy atom. The van der Waals surface area contributed by atoms with E-state index in [0.29, 0.717) is 11.6 Å². The molecule has 1 unspecified atom stereocenters. The van der Waals surface area contributed by atoms with Gasteiger partial charge in [0.15, 0.2) is 0 Å². The fraction of sp³-hybridized carbons (Fsp3) is 0.429. The maximum Gasteiger partial charge on any atom is 0.339 e. The molecule has 6 nitrogen and oxygen atoms in total. The van der Waals surface area contributed by atoms with E-state index in [2.05, 4.69) is 10.6 Å². The highest BCUT2D eigenvalue weighted by Crippen LogP contribution is 2.24. The number of carbonyl (C=O) groups excluding carboxylic acids is 1. The summed E-state index contributed by atoms with van der Waals surface area (Å²) in [6, 6.07) is 4.51. The van der Waals surface area contributed by atoms with Crippen molar-refractivity contribution >= 4 is 17.6 Å². The Morgan fingerprint density at radius 2 is 2.15 bits per heavy atom. The lowest BCUT2D eigenvalue weighted by Gasteiger charge is -2.31. The first-order valence-corrected chi connectivity index (χ1v) is 6.46. The molecule has 1 fully saturated rings. The van der Waals surface area contributed by atoms with Gasteiger partial charge >= 0.3 is 5.97 Å². The van der Waals surface area contributed by atoms with Crippen LogP contribution in [0.5, 0.6) is 5.75 Å². The topological polar surface area (TPSA) is 87.7 Å². The zero-order chi connectivity index (χ0) is 14.7. The lowest BCUT2D eigenvalue weighted by molar-refractivity contribution is -0.121. The van der Waals surface area contributed by atoms with Crippen molar-refractivity contribution in [2.45, 2.75) is 6.92 Å². The highest BCUT2D eigenvalue weighted by molar-refractivity contribution is 5.95. The van der Waals surface area contributed by atoms with Crippen LogP contribution in [0.25, 0.3) is 0 Å². The summed E-state index contributed by atoms with van der Waals surface area (Å²) >= 11 is 0. The van der Waals surface area contributed by atoms with Gasteiger partial charge in [-0.05, 0) is 31.1 Å². The van der Waals surface area contributed by atoms with E-state index >= 15 is 0 Å². The molecule has 6 heteroatoms. The number of nitrogens with one attached hydrogen (secondary N) is 2. The molecule has 20 heavy (non-hydrogen) atoms. The number of benzene rings is 1. The second-order valence-electron chi connectivity index (χ2n) is 4.92. The van der Waals surface area contributed by atoms with Crippen LogP contribution < -0.4 is 15.4 Å². The molecule has 1 aliphatic rings. The second kappa shape index (κ2) is 5.92. The Labute approximate surface area is 117 Å². The summed E-state index contributed by atoms with van der Waals surface area (Å²) in [5.41, 5.74) is 0.609. The van der Waals surface area contributed by atoms with Crippen molar-refractivity contribution in [3.05, 3.63) is 23.8 Å². The number of hydrogen-bond donors (Lipinski definition) is 3. The highest BCUT2D eigenvalue weighted by atomic mass is 16.5. The zero-order valence-electron chi connectivity index (χ0n) is 11.5. The van der Waals surface area contributed by atoms with Gasteiger partial charge in [0.2, 0.25) is 5.91 Å². The van der Waals surface area contributed by atoms with Gasteiger partial charge in [-0.3, -0.25) is 4.79 Å². The number of ether oxygens (including phenoxy) is 1. The van der Waals surface area contributed by atoms with Crippen LogP contribution in [0.15, 0.2) is 18.2 Å². The Balaban J connectivity index is 2.09. The molecule has 0 aromatic heterocycles. The van der Waals surface area contributed by atoms with E-state index in [1.807, 2.05) is 6.92 Å². The van der Waals surface area contributed by atoms with Gasteiger partial charge in [-0.25, -0.2) is 4.79 Å². The van der Waals surface area contributed by atoms with Crippen molar-refractivity contribution in [2.75, 3.05) is 25.5 Å². The Hall–Kier alpha value is -2.08. The molecule has 0 bridgehead atoms. The molecule has 1 aromatic rings. The molecule has 1 aliphatic heterocycles. The summed E-state index contributed by atoms with van der Waals surface area (Å²) < 4.78 is 5.03. The predicted molar refractivity (Wildman–Crippen MR) is 74.1 cm³/mol. The monoisotopic (exact) mass is 278 g/mol. The van der Waals surface area contributed by atoms with E-state index in [0.717, 1.165) is 13.1 Å². The SMILES string of the molecule is COc1cc(NC(=O)C(C)C2CNC2)ccc1C(=O)O. The first kappa shape index (κ1) is 14.3. The summed E-state index contributed by atoms with van der Waals surface area (Å²) in [4.78, 5) is 23.1. The first-order chi connectivity index (χ1) is 9.52. The van der Waals surface area contributed by atoms with Gasteiger partial charge in [0.05, 0.1) is 7.11 Å². The molecular formula is C14H18N2O4. The number of anilines is 1. The van der Waals surface area contributed by atoms with E-state index in [1.165, 1.54) is 19.2 Å². The van der Waals surface area contributed by atoms with Crippen molar-refractivity contribution in [3.8, 4) is 5.75 Å². The largest absolute Gasteiger partial charge is 0.496 e. The fourth-order valence-corrected chi connectivity index (χ4v) is 2.08. The van der Waals surface area contributed by atoms with Crippen LogP contribution in [0, 0.1) is 11.8 Å². The van der Waals surface area contributed by atoms with Crippen LogP contribution in [0.4, 0.5) is 5.69 Å². The number of carboxylic acids is 1. The van der Waals surface area contributed by atoms with E-state index in [4.69, 9.17) is 9.84 Å². The average molecular weight is 278 g/mol. The summed E-state index contributed by atoms with van der Waals surface area (Å²) in [7, 11) is 1.40. The van der Waals surface area contributed by atoms with E-state index < -0.39 is 5.97 Å². The molecular weight excluding hydrogens is 260 g/mol. The number of carboxylic acid groups (broad SMARTS) is 1. The molecule has 0 aliphatic carbocycles.